The summed E-state index contributed by atoms with van der Waals surface area (Å²) in [5.41, 5.74) is 4.39. The van der Waals surface area contributed by atoms with E-state index >= 15 is 0 Å². The number of nitrogens with two attached hydrogens (primary N) is 1. The van der Waals surface area contributed by atoms with E-state index in [-0.39, 0.29) is 25.2 Å². The molecule has 14 heteroatoms. The minimum Gasteiger partial charge on any atom is -0.459 e. The number of hydrogen-bond acceptors (Lipinski definition) is 9. The molecule has 3 aliphatic rings. The van der Waals surface area contributed by atoms with Gasteiger partial charge in [0.15, 0.2) is 0 Å². The quantitative estimate of drug-likeness (QED) is 0.123. The maximum absolute atomic E-state index is 13.6. The maximum Gasteiger partial charge on any atom is 0.325 e. The fourth-order valence-electron chi connectivity index (χ4n) is 4.33. The van der Waals surface area contributed by atoms with Crippen molar-refractivity contribution in [2.75, 3.05) is 26.3 Å². The monoisotopic (exact) mass is 596 g/mol. The summed E-state index contributed by atoms with van der Waals surface area (Å²) >= 11 is 0. The number of carbonyl (C=O) groups excluding carboxylic acids is 6. The first-order valence-corrected chi connectivity index (χ1v) is 14.6. The molecule has 1 aliphatic carbocycles. The molecule has 1 saturated carbocycles. The highest BCUT2D eigenvalue weighted by Crippen LogP contribution is 2.26. The van der Waals surface area contributed by atoms with Crippen molar-refractivity contribution in [1.82, 2.24) is 26.2 Å². The highest BCUT2D eigenvalue weighted by atomic mass is 16.6. The molecular weight excluding hydrogens is 548 g/mol. The normalized spacial score (nSPS) is 21.5. The summed E-state index contributed by atoms with van der Waals surface area (Å²) in [5, 5.41) is 10.4. The van der Waals surface area contributed by atoms with E-state index in [1.807, 2.05) is 0 Å². The van der Waals surface area contributed by atoms with Crippen molar-refractivity contribution < 1.29 is 38.2 Å². The number of rotatable bonds is 11. The Balaban J connectivity index is 0.00000144. The van der Waals surface area contributed by atoms with E-state index in [2.05, 4.69) is 42.0 Å². The van der Waals surface area contributed by atoms with Crippen molar-refractivity contribution in [1.29, 1.82) is 0 Å². The first-order chi connectivity index (χ1) is 19.6. The van der Waals surface area contributed by atoms with E-state index in [1.54, 1.807) is 20.8 Å². The Morgan fingerprint density at radius 1 is 1.00 bits per heavy atom. The van der Waals surface area contributed by atoms with Gasteiger partial charge in [0.2, 0.25) is 11.8 Å². The first kappa shape index (κ1) is 34.9. The second-order valence-electron chi connectivity index (χ2n) is 12.6. The van der Waals surface area contributed by atoms with Crippen molar-refractivity contribution in [2.24, 2.45) is 17.1 Å². The molecule has 3 fully saturated rings. The molecule has 3 unspecified atom stereocenters. The van der Waals surface area contributed by atoms with Crippen LogP contribution in [0.4, 0.5) is 4.79 Å². The standard InChI is InChI=1S/C24H38N6O8.C4H10/c1-24(2,3)18(28-23(36)26-11-16(31)38-14-8-10-37-12-14)22(35)30-9-4-5-15(30)21(34)29-20(17(32)19(25)33)27-13-6-7-13;1-4(2)3/h13-15,18,20,27H,4-12H2,1-3H3,(H2,25,33)(H,29,34)(H2,26,28,36);4H,1-3H3/t14?,15-,18?,20?;/m0./s1. The Kier molecular flexibility index (Phi) is 13.2. The van der Waals surface area contributed by atoms with Crippen molar-refractivity contribution in [3.05, 3.63) is 0 Å². The summed E-state index contributed by atoms with van der Waals surface area (Å²) in [7, 11) is 0. The molecule has 0 aromatic carbocycles. The van der Waals surface area contributed by atoms with Crippen molar-refractivity contribution in [3.63, 3.8) is 0 Å². The van der Waals surface area contributed by atoms with E-state index in [9.17, 15) is 28.8 Å². The summed E-state index contributed by atoms with van der Waals surface area (Å²) in [5.74, 6) is -3.01. The molecule has 0 bridgehead atoms. The highest BCUT2D eigenvalue weighted by molar-refractivity contribution is 6.37. The number of hydrogen-bond donors (Lipinski definition) is 5. The zero-order valence-electron chi connectivity index (χ0n) is 25.6. The lowest BCUT2D eigenvalue weighted by molar-refractivity contribution is -0.147. The molecule has 42 heavy (non-hydrogen) atoms. The second-order valence-corrected chi connectivity index (χ2v) is 12.6. The van der Waals surface area contributed by atoms with E-state index in [0.29, 0.717) is 32.5 Å². The Bertz CT molecular complexity index is 985. The molecule has 3 rings (SSSR count). The van der Waals surface area contributed by atoms with Gasteiger partial charge in [0.1, 0.15) is 30.9 Å². The van der Waals surface area contributed by atoms with Crippen LogP contribution in [0.2, 0.25) is 0 Å². The van der Waals surface area contributed by atoms with Gasteiger partial charge in [-0.3, -0.25) is 29.3 Å². The molecule has 0 radical (unpaired) electrons. The van der Waals surface area contributed by atoms with Crippen LogP contribution in [0, 0.1) is 11.3 Å². The van der Waals surface area contributed by atoms with Gasteiger partial charge in [-0.1, -0.05) is 41.5 Å². The van der Waals surface area contributed by atoms with Crippen LogP contribution in [-0.4, -0.2) is 97.1 Å². The predicted octanol–water partition coefficient (Wildman–Crippen LogP) is -0.0656. The van der Waals surface area contributed by atoms with Crippen LogP contribution in [0.15, 0.2) is 0 Å². The number of ketones is 1. The molecular formula is C28H48N6O8. The number of amides is 5. The van der Waals surface area contributed by atoms with Gasteiger partial charge >= 0.3 is 12.0 Å². The average molecular weight is 597 g/mol. The summed E-state index contributed by atoms with van der Waals surface area (Å²) in [6, 6.07) is -2.66. The molecule has 0 aromatic rings. The van der Waals surface area contributed by atoms with Crippen molar-refractivity contribution >= 4 is 35.5 Å². The fraction of sp³-hybridized carbons (Fsp3) is 0.786. The predicted molar refractivity (Wildman–Crippen MR) is 153 cm³/mol. The van der Waals surface area contributed by atoms with Crippen LogP contribution in [0.1, 0.15) is 73.6 Å². The third-order valence-corrected chi connectivity index (χ3v) is 6.58. The molecule has 2 heterocycles. The number of carbonyl (C=O) groups is 6. The lowest BCUT2D eigenvalue weighted by atomic mass is 9.85. The molecule has 14 nitrogen and oxygen atoms in total. The van der Waals surface area contributed by atoms with E-state index < -0.39 is 59.2 Å². The average Bonchev–Trinajstić information content (AvgIpc) is 3.33. The molecule has 0 spiro atoms. The van der Waals surface area contributed by atoms with Crippen LogP contribution >= 0.6 is 0 Å². The number of nitrogens with zero attached hydrogens (tertiary/aromatic N) is 1. The Labute approximate surface area is 247 Å². The van der Waals surface area contributed by atoms with E-state index in [4.69, 9.17) is 15.2 Å². The zero-order valence-corrected chi connectivity index (χ0v) is 25.6. The van der Waals surface area contributed by atoms with Crippen LogP contribution in [0.5, 0.6) is 0 Å². The van der Waals surface area contributed by atoms with E-state index in [1.165, 1.54) is 4.90 Å². The van der Waals surface area contributed by atoms with Gasteiger partial charge in [-0.05, 0) is 37.0 Å². The lowest BCUT2D eigenvalue weighted by Gasteiger charge is -2.35. The van der Waals surface area contributed by atoms with Crippen molar-refractivity contribution in [2.45, 2.75) is 104 Å². The smallest absolute Gasteiger partial charge is 0.325 e. The van der Waals surface area contributed by atoms with Crippen molar-refractivity contribution in [3.8, 4) is 0 Å². The summed E-state index contributed by atoms with van der Waals surface area (Å²) in [6.07, 6.45) is 1.47. The van der Waals surface area contributed by atoms with Gasteiger partial charge < -0.3 is 36.1 Å². The number of likely N-dealkylation sites (tertiary alicyclic amines) is 1. The molecule has 6 N–H and O–H groups in total. The minimum atomic E-state index is -1.28. The van der Waals surface area contributed by atoms with Gasteiger partial charge in [-0.15, -0.1) is 0 Å². The number of esters is 1. The molecule has 0 aromatic heterocycles. The largest absolute Gasteiger partial charge is 0.459 e. The Morgan fingerprint density at radius 3 is 2.17 bits per heavy atom. The summed E-state index contributed by atoms with van der Waals surface area (Å²) in [4.78, 5) is 76.3. The molecule has 5 amide bonds. The third-order valence-electron chi connectivity index (χ3n) is 6.58. The number of Topliss-reactive ketones (excluding diaryl/α,β-unsaturated/α-hetero) is 1. The number of primary amides is 1. The number of nitrogens with one attached hydrogen (secondary N) is 4. The molecule has 4 atom stereocenters. The fourth-order valence-corrected chi connectivity index (χ4v) is 4.33. The SMILES string of the molecule is CC(C)(C)C(NC(=O)NCC(=O)OC1CCOC1)C(=O)N1CCC[C@H]1C(=O)NC(NC1CC1)C(=O)C(N)=O.CC(C)C. The molecule has 238 valence electrons. The third kappa shape index (κ3) is 11.6. The number of ether oxygens (including phenoxy) is 2. The first-order valence-electron chi connectivity index (χ1n) is 14.6. The zero-order chi connectivity index (χ0) is 31.6. The molecule has 2 aliphatic heterocycles. The Hall–Kier alpha value is -3.26. The summed E-state index contributed by atoms with van der Waals surface area (Å²) < 4.78 is 10.4. The van der Waals surface area contributed by atoms with Gasteiger partial charge in [0.25, 0.3) is 11.7 Å². The van der Waals surface area contributed by atoms with Gasteiger partial charge in [-0.25, -0.2) is 4.79 Å². The Morgan fingerprint density at radius 2 is 1.64 bits per heavy atom. The van der Waals surface area contributed by atoms with Crippen LogP contribution in [0.3, 0.4) is 0 Å². The van der Waals surface area contributed by atoms with Gasteiger partial charge in [0, 0.05) is 19.0 Å². The molecule has 2 saturated heterocycles. The maximum atomic E-state index is 13.6. The topological polar surface area (TPSA) is 198 Å². The van der Waals surface area contributed by atoms with Crippen LogP contribution < -0.4 is 27.0 Å². The summed E-state index contributed by atoms with van der Waals surface area (Å²) in [6.45, 7) is 12.5. The van der Waals surface area contributed by atoms with Gasteiger partial charge in [0.05, 0.1) is 13.2 Å². The highest BCUT2D eigenvalue weighted by Gasteiger charge is 2.43. The second kappa shape index (κ2) is 15.8. The minimum absolute atomic E-state index is 0.00155. The number of urea groups is 1. The van der Waals surface area contributed by atoms with E-state index in [0.717, 1.165) is 18.8 Å². The van der Waals surface area contributed by atoms with Gasteiger partial charge in [-0.2, -0.15) is 0 Å². The van der Waals surface area contributed by atoms with Crippen LogP contribution in [0.25, 0.3) is 0 Å². The lowest BCUT2D eigenvalue weighted by Crippen LogP contribution is -2.61. The van der Waals surface area contributed by atoms with Crippen LogP contribution in [-0.2, 0) is 33.4 Å².